The number of allylic oxidation sites excluding steroid dienone is 2. The SMILES string of the molecule is N#CC(C#N)=C1Sc2c(C#N)c(C#N)c3c(c2S1)SC(=C(C#N)C#N)S3. The lowest BCUT2D eigenvalue weighted by molar-refractivity contribution is 1.02. The van der Waals surface area contributed by atoms with Crippen molar-refractivity contribution >= 4 is 47.0 Å². The maximum absolute atomic E-state index is 9.55. The van der Waals surface area contributed by atoms with Crippen molar-refractivity contribution in [2.75, 3.05) is 0 Å². The molecule has 1 aromatic rings. The fraction of sp³-hybridized carbons (Fsp3) is 0. The zero-order chi connectivity index (χ0) is 18.8. The minimum absolute atomic E-state index is 0.0616. The number of benzene rings is 1. The van der Waals surface area contributed by atoms with E-state index >= 15 is 0 Å². The highest BCUT2D eigenvalue weighted by Crippen LogP contribution is 2.64. The van der Waals surface area contributed by atoms with Gasteiger partial charge < -0.3 is 0 Å². The maximum atomic E-state index is 9.55. The highest BCUT2D eigenvalue weighted by atomic mass is 32.2. The summed E-state index contributed by atoms with van der Waals surface area (Å²) < 4.78 is 0.894. The van der Waals surface area contributed by atoms with E-state index in [2.05, 4.69) is 0 Å². The van der Waals surface area contributed by atoms with Crippen LogP contribution in [0.2, 0.25) is 0 Å². The first-order chi connectivity index (χ1) is 12.6. The predicted octanol–water partition coefficient (Wildman–Crippen LogP) is 4.34. The van der Waals surface area contributed by atoms with Crippen molar-refractivity contribution in [2.24, 2.45) is 0 Å². The first kappa shape index (κ1) is 17.8. The number of hydrogen-bond acceptors (Lipinski definition) is 10. The number of hydrogen-bond donors (Lipinski definition) is 0. The summed E-state index contributed by atoms with van der Waals surface area (Å²) in [6, 6.07) is 11.4. The molecule has 0 fully saturated rings. The third-order valence-electron chi connectivity index (χ3n) is 3.18. The predicted molar refractivity (Wildman–Crippen MR) is 95.8 cm³/mol. The Hall–Kier alpha value is -2.96. The van der Waals surface area contributed by atoms with E-state index in [4.69, 9.17) is 21.0 Å². The topological polar surface area (TPSA) is 143 Å². The fourth-order valence-electron chi connectivity index (χ4n) is 2.10. The summed E-state index contributed by atoms with van der Waals surface area (Å²) in [5, 5.41) is 55.5. The van der Waals surface area contributed by atoms with E-state index < -0.39 is 0 Å². The van der Waals surface area contributed by atoms with Gasteiger partial charge in [0.1, 0.15) is 47.6 Å². The Bertz CT molecular complexity index is 1070. The monoisotopic (exact) mass is 404 g/mol. The van der Waals surface area contributed by atoms with E-state index in [1.807, 2.05) is 36.4 Å². The summed E-state index contributed by atoms with van der Waals surface area (Å²) in [5.41, 5.74) is 0.226. The Morgan fingerprint density at radius 2 is 0.808 bits per heavy atom. The van der Waals surface area contributed by atoms with E-state index in [0.29, 0.717) is 28.1 Å². The van der Waals surface area contributed by atoms with Crippen LogP contribution in [0.25, 0.3) is 0 Å². The highest BCUT2D eigenvalue weighted by molar-refractivity contribution is 8.26. The average Bonchev–Trinajstić information content (AvgIpc) is 3.27. The second-order valence-electron chi connectivity index (χ2n) is 4.47. The van der Waals surface area contributed by atoms with Gasteiger partial charge in [-0.25, -0.2) is 0 Å². The molecule has 0 aliphatic carbocycles. The van der Waals surface area contributed by atoms with Crippen LogP contribution < -0.4 is 0 Å². The van der Waals surface area contributed by atoms with Crippen LogP contribution in [0.1, 0.15) is 11.1 Å². The first-order valence-corrected chi connectivity index (χ1v) is 9.74. The Morgan fingerprint density at radius 3 is 1.08 bits per heavy atom. The number of nitrogens with zero attached hydrogens (tertiary/aromatic N) is 6. The van der Waals surface area contributed by atoms with Gasteiger partial charge in [-0.15, -0.1) is 0 Å². The second-order valence-corrected chi connectivity index (χ2v) is 9.07. The molecule has 118 valence electrons. The van der Waals surface area contributed by atoms with E-state index in [-0.39, 0.29) is 22.3 Å². The van der Waals surface area contributed by atoms with Crippen LogP contribution in [0.5, 0.6) is 0 Å². The van der Waals surface area contributed by atoms with Crippen LogP contribution in [0.3, 0.4) is 0 Å². The molecule has 0 bridgehead atoms. The van der Waals surface area contributed by atoms with Crippen LogP contribution in [-0.4, -0.2) is 0 Å². The molecule has 10 heteroatoms. The molecule has 3 rings (SSSR count). The molecule has 1 aromatic carbocycles. The summed E-state index contributed by atoms with van der Waals surface area (Å²) in [5.74, 6) is 0. The summed E-state index contributed by atoms with van der Waals surface area (Å²) in [6.45, 7) is 0. The highest BCUT2D eigenvalue weighted by Gasteiger charge is 2.36. The molecule has 2 heterocycles. The smallest absolute Gasteiger partial charge is 0.150 e. The van der Waals surface area contributed by atoms with Gasteiger partial charge in [-0.1, -0.05) is 47.0 Å². The summed E-state index contributed by atoms with van der Waals surface area (Å²) >= 11 is 4.62. The largest absolute Gasteiger partial charge is 0.192 e. The summed E-state index contributed by atoms with van der Waals surface area (Å²) in [4.78, 5) is 2.38. The number of thioether (sulfide) groups is 4. The quantitative estimate of drug-likeness (QED) is 0.572. The van der Waals surface area contributed by atoms with Gasteiger partial charge in [-0.2, -0.15) is 31.6 Å². The van der Waals surface area contributed by atoms with Crippen molar-refractivity contribution in [1.29, 1.82) is 31.6 Å². The van der Waals surface area contributed by atoms with Gasteiger partial charge in [0.2, 0.25) is 0 Å². The number of rotatable bonds is 0. The molecule has 2 aliphatic heterocycles. The Kier molecular flexibility index (Phi) is 4.88. The minimum atomic E-state index is -0.0616. The molecular weight excluding hydrogens is 404 g/mol. The molecule has 0 N–H and O–H groups in total. The summed E-state index contributed by atoms with van der Waals surface area (Å²) in [6.07, 6.45) is 0. The standard InChI is InChI=1S/C16N6S4/c17-1-7(2-18)15-23-11-9(5-21)10(6-22)12-14(13(11)25-15)26-16(24-12)8(3-19)4-20. The zero-order valence-electron chi connectivity index (χ0n) is 12.3. The number of fused-ring (bicyclic) bond motifs is 3. The third-order valence-corrected chi connectivity index (χ3v) is 8.58. The van der Waals surface area contributed by atoms with Gasteiger partial charge in [-0.05, 0) is 0 Å². The van der Waals surface area contributed by atoms with E-state index in [1.54, 1.807) is 0 Å². The Balaban J connectivity index is 2.31. The van der Waals surface area contributed by atoms with Gasteiger partial charge in [-0.3, -0.25) is 0 Å². The molecule has 0 radical (unpaired) electrons. The molecule has 0 spiro atoms. The molecule has 0 amide bonds. The molecule has 0 atom stereocenters. The van der Waals surface area contributed by atoms with Crippen LogP contribution in [-0.2, 0) is 0 Å². The molecule has 2 aliphatic rings. The molecule has 26 heavy (non-hydrogen) atoms. The first-order valence-electron chi connectivity index (χ1n) is 6.47. The minimum Gasteiger partial charge on any atom is -0.192 e. The van der Waals surface area contributed by atoms with E-state index in [0.717, 1.165) is 23.5 Å². The Morgan fingerprint density at radius 1 is 0.500 bits per heavy atom. The average molecular weight is 404 g/mol. The normalized spacial score (nSPS) is 13.2. The van der Waals surface area contributed by atoms with Gasteiger partial charge >= 0.3 is 0 Å². The number of nitriles is 6. The fourth-order valence-corrected chi connectivity index (χ4v) is 7.50. The molecule has 0 unspecified atom stereocenters. The van der Waals surface area contributed by atoms with Crippen LogP contribution in [0.15, 0.2) is 39.2 Å². The van der Waals surface area contributed by atoms with Crippen LogP contribution in [0, 0.1) is 68.0 Å². The van der Waals surface area contributed by atoms with Crippen LogP contribution >= 0.6 is 47.0 Å². The molecule has 0 saturated carbocycles. The lowest BCUT2D eigenvalue weighted by Gasteiger charge is -2.07. The van der Waals surface area contributed by atoms with Crippen molar-refractivity contribution in [3.63, 3.8) is 0 Å². The lowest BCUT2D eigenvalue weighted by Crippen LogP contribution is -1.92. The van der Waals surface area contributed by atoms with Crippen molar-refractivity contribution < 1.29 is 0 Å². The van der Waals surface area contributed by atoms with Gasteiger partial charge in [0.05, 0.1) is 19.6 Å². The third kappa shape index (κ3) is 2.60. The molecule has 0 aromatic heterocycles. The van der Waals surface area contributed by atoms with Crippen molar-refractivity contribution in [1.82, 2.24) is 0 Å². The Labute approximate surface area is 165 Å². The molecule has 6 nitrogen and oxygen atoms in total. The lowest BCUT2D eigenvalue weighted by atomic mass is 10.1. The maximum Gasteiger partial charge on any atom is 0.150 e. The summed E-state index contributed by atoms with van der Waals surface area (Å²) in [7, 11) is 0. The van der Waals surface area contributed by atoms with Crippen molar-refractivity contribution in [3.05, 3.63) is 30.7 Å². The van der Waals surface area contributed by atoms with Crippen molar-refractivity contribution in [2.45, 2.75) is 19.6 Å². The van der Waals surface area contributed by atoms with Gasteiger partial charge in [0, 0.05) is 19.6 Å². The molecule has 0 saturated heterocycles. The van der Waals surface area contributed by atoms with Crippen molar-refractivity contribution in [3.8, 4) is 36.4 Å². The zero-order valence-corrected chi connectivity index (χ0v) is 15.6. The van der Waals surface area contributed by atoms with E-state index in [9.17, 15) is 10.5 Å². The molecular formula is C16N6S4. The van der Waals surface area contributed by atoms with E-state index in [1.165, 1.54) is 23.5 Å². The van der Waals surface area contributed by atoms with Crippen LogP contribution in [0.4, 0.5) is 0 Å². The van der Waals surface area contributed by atoms with Gasteiger partial charge in [0.25, 0.3) is 0 Å². The van der Waals surface area contributed by atoms with Gasteiger partial charge in [0.15, 0.2) is 0 Å². The second kappa shape index (κ2) is 7.11.